The van der Waals surface area contributed by atoms with Gasteiger partial charge in [0, 0.05) is 49.8 Å². The molecule has 3 heterocycles. The molecule has 94 valence electrons. The van der Waals surface area contributed by atoms with Crippen molar-refractivity contribution in [3.63, 3.8) is 0 Å². The fourth-order valence-corrected chi connectivity index (χ4v) is 2.17. The lowest BCUT2D eigenvalue weighted by molar-refractivity contribution is 0.585. The first kappa shape index (κ1) is 11.2. The second kappa shape index (κ2) is 4.78. The monoisotopic (exact) mass is 243 g/mol. The van der Waals surface area contributed by atoms with Crippen LogP contribution in [0.3, 0.4) is 0 Å². The first-order valence-corrected chi connectivity index (χ1v) is 6.26. The van der Waals surface area contributed by atoms with E-state index in [9.17, 15) is 0 Å². The Balaban J connectivity index is 1.80. The van der Waals surface area contributed by atoms with Crippen LogP contribution in [0.1, 0.15) is 5.69 Å². The van der Waals surface area contributed by atoms with Gasteiger partial charge in [-0.05, 0) is 19.1 Å². The Labute approximate surface area is 106 Å². The molecule has 0 unspecified atom stereocenters. The summed E-state index contributed by atoms with van der Waals surface area (Å²) >= 11 is 0. The number of nitrogens with zero attached hydrogens (tertiary/aromatic N) is 3. The normalized spacial score (nSPS) is 15.9. The third kappa shape index (κ3) is 2.22. The van der Waals surface area contributed by atoms with Crippen LogP contribution in [-0.4, -0.2) is 41.1 Å². The maximum Gasteiger partial charge on any atom is 0.139 e. The van der Waals surface area contributed by atoms with Crippen LogP contribution in [0.2, 0.25) is 0 Å². The fourth-order valence-electron chi connectivity index (χ4n) is 2.17. The molecule has 0 amide bonds. The molecule has 0 atom stereocenters. The van der Waals surface area contributed by atoms with Crippen molar-refractivity contribution in [2.75, 3.05) is 31.1 Å². The minimum atomic E-state index is 0.881. The minimum Gasteiger partial charge on any atom is -0.354 e. The molecule has 0 saturated carbocycles. The maximum atomic E-state index is 4.53. The summed E-state index contributed by atoms with van der Waals surface area (Å²) in [7, 11) is 0. The first-order valence-electron chi connectivity index (χ1n) is 6.26. The van der Waals surface area contributed by atoms with Crippen molar-refractivity contribution < 1.29 is 0 Å². The highest BCUT2D eigenvalue weighted by Gasteiger charge is 2.11. The summed E-state index contributed by atoms with van der Waals surface area (Å²) in [5.41, 5.74) is 2.10. The molecule has 1 fully saturated rings. The quantitative estimate of drug-likeness (QED) is 0.832. The van der Waals surface area contributed by atoms with Crippen LogP contribution in [0.25, 0.3) is 11.4 Å². The lowest BCUT2D eigenvalue weighted by atomic mass is 10.2. The molecular weight excluding hydrogens is 226 g/mol. The summed E-state index contributed by atoms with van der Waals surface area (Å²) in [6, 6.07) is 4.14. The molecule has 18 heavy (non-hydrogen) atoms. The number of rotatable bonds is 2. The van der Waals surface area contributed by atoms with Crippen molar-refractivity contribution in [3.8, 4) is 11.4 Å². The average molecular weight is 243 g/mol. The maximum absolute atomic E-state index is 4.53. The second-order valence-corrected chi connectivity index (χ2v) is 4.56. The fraction of sp³-hybridized carbons (Fsp3) is 0.385. The second-order valence-electron chi connectivity index (χ2n) is 4.56. The van der Waals surface area contributed by atoms with Crippen molar-refractivity contribution in [2.45, 2.75) is 6.92 Å². The molecule has 5 heteroatoms. The number of anilines is 1. The molecule has 1 aliphatic rings. The number of aromatic amines is 1. The molecule has 0 spiro atoms. The summed E-state index contributed by atoms with van der Waals surface area (Å²) in [6.45, 7) is 6.10. The van der Waals surface area contributed by atoms with Gasteiger partial charge in [0.25, 0.3) is 0 Å². The molecule has 5 nitrogen and oxygen atoms in total. The van der Waals surface area contributed by atoms with E-state index in [2.05, 4.69) is 37.3 Å². The van der Waals surface area contributed by atoms with Crippen molar-refractivity contribution in [1.82, 2.24) is 20.3 Å². The van der Waals surface area contributed by atoms with Crippen LogP contribution in [-0.2, 0) is 0 Å². The summed E-state index contributed by atoms with van der Waals surface area (Å²) in [6.07, 6.45) is 3.72. The number of aryl methyl sites for hydroxylation is 1. The number of pyridine rings is 1. The minimum absolute atomic E-state index is 0.881. The van der Waals surface area contributed by atoms with Crippen LogP contribution < -0.4 is 10.2 Å². The van der Waals surface area contributed by atoms with Gasteiger partial charge in [-0.25, -0.2) is 9.97 Å². The zero-order valence-electron chi connectivity index (χ0n) is 10.5. The molecule has 2 aromatic rings. The van der Waals surface area contributed by atoms with Gasteiger partial charge < -0.3 is 15.2 Å². The van der Waals surface area contributed by atoms with Crippen LogP contribution >= 0.6 is 0 Å². The molecule has 0 aromatic carbocycles. The topological polar surface area (TPSA) is 56.8 Å². The highest BCUT2D eigenvalue weighted by molar-refractivity contribution is 5.56. The van der Waals surface area contributed by atoms with E-state index in [0.717, 1.165) is 49.1 Å². The van der Waals surface area contributed by atoms with Gasteiger partial charge in [-0.15, -0.1) is 0 Å². The highest BCUT2D eigenvalue weighted by atomic mass is 15.2. The van der Waals surface area contributed by atoms with E-state index in [0.29, 0.717) is 0 Å². The van der Waals surface area contributed by atoms with Gasteiger partial charge in [0.15, 0.2) is 0 Å². The Morgan fingerprint density at radius 2 is 1.94 bits per heavy atom. The first-order chi connectivity index (χ1) is 8.83. The number of imidazole rings is 1. The zero-order chi connectivity index (χ0) is 12.4. The van der Waals surface area contributed by atoms with E-state index < -0.39 is 0 Å². The zero-order valence-corrected chi connectivity index (χ0v) is 10.5. The Hall–Kier alpha value is -1.88. The molecule has 2 N–H and O–H groups in total. The predicted molar refractivity (Wildman–Crippen MR) is 71.6 cm³/mol. The molecule has 0 aliphatic carbocycles. The van der Waals surface area contributed by atoms with E-state index in [1.54, 1.807) is 0 Å². The van der Waals surface area contributed by atoms with E-state index in [1.165, 1.54) is 0 Å². The summed E-state index contributed by atoms with van der Waals surface area (Å²) < 4.78 is 0. The van der Waals surface area contributed by atoms with Crippen molar-refractivity contribution >= 4 is 5.82 Å². The van der Waals surface area contributed by atoms with Crippen molar-refractivity contribution in [2.24, 2.45) is 0 Å². The van der Waals surface area contributed by atoms with Gasteiger partial charge in [-0.3, -0.25) is 0 Å². The van der Waals surface area contributed by atoms with Crippen LogP contribution in [0.5, 0.6) is 0 Å². The summed E-state index contributed by atoms with van der Waals surface area (Å²) in [5.74, 6) is 1.93. The van der Waals surface area contributed by atoms with Crippen molar-refractivity contribution in [1.29, 1.82) is 0 Å². The predicted octanol–water partition coefficient (Wildman–Crippen LogP) is 1.19. The van der Waals surface area contributed by atoms with Gasteiger partial charge in [0.05, 0.1) is 0 Å². The van der Waals surface area contributed by atoms with Crippen molar-refractivity contribution in [3.05, 3.63) is 30.2 Å². The summed E-state index contributed by atoms with van der Waals surface area (Å²) in [5, 5.41) is 3.34. The van der Waals surface area contributed by atoms with Crippen LogP contribution in [0.15, 0.2) is 24.5 Å². The van der Waals surface area contributed by atoms with Gasteiger partial charge in [0.2, 0.25) is 0 Å². The Morgan fingerprint density at radius 3 is 2.56 bits per heavy atom. The largest absolute Gasteiger partial charge is 0.354 e. The standard InChI is InChI=1S/C13H17N5/c1-10-8-16-13(17-10)11-2-3-12(15-9-11)18-6-4-14-5-7-18/h2-3,8-9,14H,4-7H2,1H3,(H,16,17). The summed E-state index contributed by atoms with van der Waals surface area (Å²) in [4.78, 5) is 14.4. The molecule has 3 rings (SSSR count). The van der Waals surface area contributed by atoms with Crippen LogP contribution in [0, 0.1) is 6.92 Å². The van der Waals surface area contributed by atoms with E-state index in [-0.39, 0.29) is 0 Å². The van der Waals surface area contributed by atoms with E-state index in [4.69, 9.17) is 0 Å². The lowest BCUT2D eigenvalue weighted by Crippen LogP contribution is -2.43. The molecule has 1 saturated heterocycles. The third-order valence-electron chi connectivity index (χ3n) is 3.17. The van der Waals surface area contributed by atoms with E-state index >= 15 is 0 Å². The van der Waals surface area contributed by atoms with Crippen LogP contribution in [0.4, 0.5) is 5.82 Å². The number of nitrogens with one attached hydrogen (secondary N) is 2. The van der Waals surface area contributed by atoms with E-state index in [1.807, 2.05) is 19.3 Å². The Kier molecular flexibility index (Phi) is 2.98. The number of hydrogen-bond acceptors (Lipinski definition) is 4. The molecular formula is C13H17N5. The number of H-pyrrole nitrogens is 1. The molecule has 2 aromatic heterocycles. The third-order valence-corrected chi connectivity index (χ3v) is 3.17. The SMILES string of the molecule is Cc1cnc(-c2ccc(N3CCNCC3)nc2)[nH]1. The van der Waals surface area contributed by atoms with Gasteiger partial charge in [-0.2, -0.15) is 0 Å². The number of hydrogen-bond donors (Lipinski definition) is 2. The van der Waals surface area contributed by atoms with Gasteiger partial charge in [0.1, 0.15) is 11.6 Å². The molecule has 0 bridgehead atoms. The van der Waals surface area contributed by atoms with Gasteiger partial charge >= 0.3 is 0 Å². The number of aromatic nitrogens is 3. The Bertz CT molecular complexity index is 510. The number of piperazine rings is 1. The molecule has 0 radical (unpaired) electrons. The molecule has 1 aliphatic heterocycles. The lowest BCUT2D eigenvalue weighted by Gasteiger charge is -2.28. The average Bonchev–Trinajstić information content (AvgIpc) is 2.87. The highest BCUT2D eigenvalue weighted by Crippen LogP contribution is 2.18. The van der Waals surface area contributed by atoms with Gasteiger partial charge in [-0.1, -0.05) is 0 Å². The Morgan fingerprint density at radius 1 is 1.11 bits per heavy atom. The smallest absolute Gasteiger partial charge is 0.139 e.